The molecule has 5 nitrogen and oxygen atoms in total. The second-order valence-electron chi connectivity index (χ2n) is 6.52. The van der Waals surface area contributed by atoms with Gasteiger partial charge in [0.15, 0.2) is 0 Å². The Balaban J connectivity index is 2.24. The molecule has 0 saturated carbocycles. The Morgan fingerprint density at radius 1 is 1.16 bits per heavy atom. The van der Waals surface area contributed by atoms with Gasteiger partial charge in [0.2, 0.25) is 5.91 Å². The molecule has 0 fully saturated rings. The first-order chi connectivity index (χ1) is 11.7. The van der Waals surface area contributed by atoms with E-state index in [-0.39, 0.29) is 16.5 Å². The Kier molecular flexibility index (Phi) is 6.37. The van der Waals surface area contributed by atoms with E-state index < -0.39 is 21.6 Å². The fourth-order valence-electron chi connectivity index (χ4n) is 2.21. The number of nitrogens with one attached hydrogen (secondary N) is 2. The fraction of sp³-hybridized carbons (Fsp3) is 0.389. The summed E-state index contributed by atoms with van der Waals surface area (Å²) in [7, 11) is -3.74. The van der Waals surface area contributed by atoms with Crippen molar-refractivity contribution in [2.75, 3.05) is 0 Å². The van der Waals surface area contributed by atoms with Gasteiger partial charge in [-0.3, -0.25) is 4.79 Å². The number of amides is 1. The van der Waals surface area contributed by atoms with Crippen molar-refractivity contribution in [1.29, 1.82) is 0 Å². The maximum atomic E-state index is 12.7. The molecular formula is C18H24N2O3S2. The molecule has 1 aromatic heterocycles. The monoisotopic (exact) mass is 380 g/mol. The number of hydrogen-bond acceptors (Lipinski definition) is 4. The van der Waals surface area contributed by atoms with Gasteiger partial charge in [-0.2, -0.15) is 4.72 Å². The maximum Gasteiger partial charge on any atom is 0.250 e. The van der Waals surface area contributed by atoms with E-state index in [2.05, 4.69) is 10.0 Å². The van der Waals surface area contributed by atoms with E-state index in [4.69, 9.17) is 0 Å². The van der Waals surface area contributed by atoms with Gasteiger partial charge in [0, 0.05) is 5.54 Å². The summed E-state index contributed by atoms with van der Waals surface area (Å²) >= 11 is 1.13. The zero-order valence-corrected chi connectivity index (χ0v) is 16.3. The van der Waals surface area contributed by atoms with Crippen LogP contribution in [0.3, 0.4) is 0 Å². The van der Waals surface area contributed by atoms with E-state index in [1.807, 2.05) is 51.1 Å². The third-order valence-corrected chi connectivity index (χ3v) is 6.87. The van der Waals surface area contributed by atoms with Gasteiger partial charge >= 0.3 is 0 Å². The second kappa shape index (κ2) is 8.12. The zero-order valence-electron chi connectivity index (χ0n) is 14.7. The van der Waals surface area contributed by atoms with Crippen molar-refractivity contribution in [1.82, 2.24) is 10.0 Å². The summed E-state index contributed by atoms with van der Waals surface area (Å²) in [5, 5.41) is 4.63. The minimum absolute atomic E-state index is 0.202. The lowest BCUT2D eigenvalue weighted by molar-refractivity contribution is -0.124. The maximum absolute atomic E-state index is 12.7. The molecule has 136 valence electrons. The Bertz CT molecular complexity index is 785. The van der Waals surface area contributed by atoms with Crippen molar-refractivity contribution in [3.05, 3.63) is 53.4 Å². The lowest BCUT2D eigenvalue weighted by atomic mass is 10.00. The van der Waals surface area contributed by atoms with Gasteiger partial charge in [-0.1, -0.05) is 43.3 Å². The van der Waals surface area contributed by atoms with Crippen molar-refractivity contribution >= 4 is 27.3 Å². The number of hydrogen-bond donors (Lipinski definition) is 2. The molecule has 2 N–H and O–H groups in total. The topological polar surface area (TPSA) is 75.3 Å². The molecule has 25 heavy (non-hydrogen) atoms. The van der Waals surface area contributed by atoms with Gasteiger partial charge in [-0.15, -0.1) is 11.3 Å². The van der Waals surface area contributed by atoms with E-state index in [1.165, 1.54) is 6.07 Å². The molecule has 2 rings (SSSR count). The number of carbonyl (C=O) groups excluding carboxylic acids is 1. The summed E-state index contributed by atoms with van der Waals surface area (Å²) < 4.78 is 27.9. The largest absolute Gasteiger partial charge is 0.350 e. The molecule has 0 aliphatic heterocycles. The molecule has 0 radical (unpaired) electrons. The molecule has 0 saturated heterocycles. The minimum atomic E-state index is -3.74. The lowest BCUT2D eigenvalue weighted by Gasteiger charge is -2.28. The normalized spacial score (nSPS) is 13.4. The molecule has 1 amide bonds. The summed E-state index contributed by atoms with van der Waals surface area (Å²) in [6, 6.07) is 11.7. The lowest BCUT2D eigenvalue weighted by Crippen LogP contribution is -2.53. The molecular weight excluding hydrogens is 356 g/mol. The van der Waals surface area contributed by atoms with Crippen molar-refractivity contribution in [3.63, 3.8) is 0 Å². The number of sulfonamides is 1. The summed E-state index contributed by atoms with van der Waals surface area (Å²) in [6.07, 6.45) is 1.03. The molecule has 0 bridgehead atoms. The average Bonchev–Trinajstić information content (AvgIpc) is 3.10. The molecule has 7 heteroatoms. The van der Waals surface area contributed by atoms with Gasteiger partial charge in [0.05, 0.1) is 0 Å². The standard InChI is InChI=1S/C18H24N2O3S2/c1-4-18(2,3)19-17(21)15(13-14-9-6-5-7-10-14)20-25(22,23)16-11-8-12-24-16/h5-12,15,20H,4,13H2,1-3H3,(H,19,21). The van der Waals surface area contributed by atoms with Crippen LogP contribution in [-0.4, -0.2) is 25.9 Å². The Hall–Kier alpha value is -1.70. The summed E-state index contributed by atoms with van der Waals surface area (Å²) in [5.41, 5.74) is 0.492. The highest BCUT2D eigenvalue weighted by atomic mass is 32.2. The highest BCUT2D eigenvalue weighted by Crippen LogP contribution is 2.17. The van der Waals surface area contributed by atoms with Gasteiger partial charge in [0.1, 0.15) is 10.3 Å². The van der Waals surface area contributed by atoms with Crippen molar-refractivity contribution in [2.24, 2.45) is 0 Å². The van der Waals surface area contributed by atoms with Crippen LogP contribution in [0.2, 0.25) is 0 Å². The number of benzene rings is 1. The Morgan fingerprint density at radius 2 is 1.84 bits per heavy atom. The van der Waals surface area contributed by atoms with Crippen molar-refractivity contribution < 1.29 is 13.2 Å². The van der Waals surface area contributed by atoms with Crippen molar-refractivity contribution in [2.45, 2.75) is 49.4 Å². The van der Waals surface area contributed by atoms with Crippen LogP contribution in [0.5, 0.6) is 0 Å². The van der Waals surface area contributed by atoms with Gasteiger partial charge in [0.25, 0.3) is 10.0 Å². The fourth-order valence-corrected chi connectivity index (χ4v) is 4.41. The molecule has 2 aromatic rings. The van der Waals surface area contributed by atoms with E-state index in [0.717, 1.165) is 23.3 Å². The predicted octanol–water partition coefficient (Wildman–Crippen LogP) is 2.94. The molecule has 0 aliphatic rings. The number of thiophene rings is 1. The Labute approximate surface area is 153 Å². The number of carbonyl (C=O) groups is 1. The van der Waals surface area contributed by atoms with Crippen LogP contribution in [0.4, 0.5) is 0 Å². The Morgan fingerprint density at radius 3 is 2.40 bits per heavy atom. The molecule has 1 heterocycles. The van der Waals surface area contributed by atoms with Crippen LogP contribution < -0.4 is 10.0 Å². The molecule has 0 spiro atoms. The third-order valence-electron chi connectivity index (χ3n) is 4.00. The summed E-state index contributed by atoms with van der Waals surface area (Å²) in [4.78, 5) is 12.7. The molecule has 1 atom stereocenters. The van der Waals surface area contributed by atoms with E-state index >= 15 is 0 Å². The first-order valence-corrected chi connectivity index (χ1v) is 10.5. The van der Waals surface area contributed by atoms with Crippen LogP contribution in [0.15, 0.2) is 52.1 Å². The predicted molar refractivity (Wildman–Crippen MR) is 101 cm³/mol. The van der Waals surface area contributed by atoms with E-state index in [1.54, 1.807) is 11.4 Å². The van der Waals surface area contributed by atoms with Gasteiger partial charge in [-0.05, 0) is 43.7 Å². The van der Waals surface area contributed by atoms with Crippen molar-refractivity contribution in [3.8, 4) is 0 Å². The van der Waals surface area contributed by atoms with E-state index in [9.17, 15) is 13.2 Å². The third kappa shape index (κ3) is 5.66. The number of rotatable bonds is 8. The quantitative estimate of drug-likeness (QED) is 0.739. The highest BCUT2D eigenvalue weighted by molar-refractivity contribution is 7.91. The molecule has 1 aromatic carbocycles. The van der Waals surface area contributed by atoms with Crippen LogP contribution >= 0.6 is 11.3 Å². The van der Waals surface area contributed by atoms with Crippen LogP contribution in [-0.2, 0) is 21.2 Å². The smallest absolute Gasteiger partial charge is 0.250 e. The van der Waals surface area contributed by atoms with Crippen LogP contribution in [0, 0.1) is 0 Å². The average molecular weight is 381 g/mol. The molecule has 1 unspecified atom stereocenters. The summed E-state index contributed by atoms with van der Waals surface area (Å²) in [5.74, 6) is -0.323. The van der Waals surface area contributed by atoms with Gasteiger partial charge < -0.3 is 5.32 Å². The van der Waals surface area contributed by atoms with Crippen LogP contribution in [0.1, 0.15) is 32.8 Å². The first kappa shape index (κ1) is 19.6. The minimum Gasteiger partial charge on any atom is -0.350 e. The first-order valence-electron chi connectivity index (χ1n) is 8.15. The highest BCUT2D eigenvalue weighted by Gasteiger charge is 2.29. The van der Waals surface area contributed by atoms with E-state index in [0.29, 0.717) is 0 Å². The van der Waals surface area contributed by atoms with Crippen LogP contribution in [0.25, 0.3) is 0 Å². The van der Waals surface area contributed by atoms with Gasteiger partial charge in [-0.25, -0.2) is 8.42 Å². The second-order valence-corrected chi connectivity index (χ2v) is 9.41. The summed E-state index contributed by atoms with van der Waals surface area (Å²) in [6.45, 7) is 5.80. The zero-order chi connectivity index (χ0) is 18.5. The SMILES string of the molecule is CCC(C)(C)NC(=O)C(Cc1ccccc1)NS(=O)(=O)c1cccs1. The molecule has 0 aliphatic carbocycles.